The number of amides is 2. The van der Waals surface area contributed by atoms with Crippen molar-refractivity contribution >= 4 is 11.8 Å². The predicted molar refractivity (Wildman–Crippen MR) is 89.9 cm³/mol. The van der Waals surface area contributed by atoms with E-state index in [-0.39, 0.29) is 24.2 Å². The number of benzene rings is 1. The smallest absolute Gasteiger partial charge is 0.228 e. The SMILES string of the molecule is Cc1ccccc1CN(C)C(=O)C1CC(=O)N(Cc2ccco2)C1. The first kappa shape index (κ1) is 16.3. The molecule has 1 aromatic carbocycles. The van der Waals surface area contributed by atoms with E-state index in [4.69, 9.17) is 4.42 Å². The lowest BCUT2D eigenvalue weighted by Crippen LogP contribution is -2.34. The van der Waals surface area contributed by atoms with E-state index < -0.39 is 0 Å². The third kappa shape index (κ3) is 3.50. The summed E-state index contributed by atoms with van der Waals surface area (Å²) < 4.78 is 5.29. The van der Waals surface area contributed by atoms with Gasteiger partial charge in [0.15, 0.2) is 0 Å². The zero-order chi connectivity index (χ0) is 17.1. The summed E-state index contributed by atoms with van der Waals surface area (Å²) in [5.74, 6) is 0.494. The molecule has 1 unspecified atom stereocenters. The van der Waals surface area contributed by atoms with Crippen molar-refractivity contribution in [3.05, 3.63) is 59.5 Å². The van der Waals surface area contributed by atoms with Gasteiger partial charge in [0.25, 0.3) is 0 Å². The van der Waals surface area contributed by atoms with Gasteiger partial charge in [-0.15, -0.1) is 0 Å². The monoisotopic (exact) mass is 326 g/mol. The van der Waals surface area contributed by atoms with E-state index >= 15 is 0 Å². The third-order valence-corrected chi connectivity index (χ3v) is 4.54. The van der Waals surface area contributed by atoms with Gasteiger partial charge in [0, 0.05) is 26.6 Å². The minimum atomic E-state index is -0.276. The molecule has 2 aromatic rings. The number of carbonyl (C=O) groups is 2. The minimum absolute atomic E-state index is 0.00837. The van der Waals surface area contributed by atoms with Gasteiger partial charge in [-0.3, -0.25) is 9.59 Å². The Morgan fingerprint density at radius 2 is 2.08 bits per heavy atom. The molecule has 5 heteroatoms. The number of rotatable bonds is 5. The molecule has 1 aromatic heterocycles. The van der Waals surface area contributed by atoms with Gasteiger partial charge < -0.3 is 14.2 Å². The van der Waals surface area contributed by atoms with Gasteiger partial charge in [-0.1, -0.05) is 24.3 Å². The van der Waals surface area contributed by atoms with Crippen LogP contribution >= 0.6 is 0 Å². The highest BCUT2D eigenvalue weighted by Gasteiger charge is 2.36. The largest absolute Gasteiger partial charge is 0.467 e. The maximum Gasteiger partial charge on any atom is 0.228 e. The molecule has 1 aliphatic heterocycles. The molecule has 2 heterocycles. The molecule has 0 spiro atoms. The summed E-state index contributed by atoms with van der Waals surface area (Å²) >= 11 is 0. The number of hydrogen-bond donors (Lipinski definition) is 0. The first-order chi connectivity index (χ1) is 11.5. The number of hydrogen-bond acceptors (Lipinski definition) is 3. The first-order valence-electron chi connectivity index (χ1n) is 8.14. The Kier molecular flexibility index (Phi) is 4.69. The van der Waals surface area contributed by atoms with Crippen LogP contribution in [0, 0.1) is 12.8 Å². The topological polar surface area (TPSA) is 53.8 Å². The maximum absolute atomic E-state index is 12.7. The highest BCUT2D eigenvalue weighted by molar-refractivity contribution is 5.89. The molecule has 5 nitrogen and oxygen atoms in total. The summed E-state index contributed by atoms with van der Waals surface area (Å²) in [5.41, 5.74) is 2.30. The highest BCUT2D eigenvalue weighted by atomic mass is 16.3. The molecule has 24 heavy (non-hydrogen) atoms. The van der Waals surface area contributed by atoms with Crippen LogP contribution in [0.3, 0.4) is 0 Å². The van der Waals surface area contributed by atoms with E-state index in [9.17, 15) is 9.59 Å². The predicted octanol–water partition coefficient (Wildman–Crippen LogP) is 2.60. The molecular formula is C19H22N2O3. The first-order valence-corrected chi connectivity index (χ1v) is 8.14. The average molecular weight is 326 g/mol. The molecule has 2 amide bonds. The van der Waals surface area contributed by atoms with E-state index in [1.165, 1.54) is 5.56 Å². The molecular weight excluding hydrogens is 304 g/mol. The summed E-state index contributed by atoms with van der Waals surface area (Å²) in [7, 11) is 1.80. The molecule has 1 saturated heterocycles. The maximum atomic E-state index is 12.7. The van der Waals surface area contributed by atoms with Crippen LogP contribution in [0.2, 0.25) is 0 Å². The highest BCUT2D eigenvalue weighted by Crippen LogP contribution is 2.23. The van der Waals surface area contributed by atoms with E-state index in [2.05, 4.69) is 0 Å². The quantitative estimate of drug-likeness (QED) is 0.848. The Bertz CT molecular complexity index is 724. The Morgan fingerprint density at radius 1 is 1.29 bits per heavy atom. The number of nitrogens with zero attached hydrogens (tertiary/aromatic N) is 2. The van der Waals surface area contributed by atoms with Gasteiger partial charge in [0.1, 0.15) is 5.76 Å². The van der Waals surface area contributed by atoms with Crippen molar-refractivity contribution in [1.29, 1.82) is 0 Å². The van der Waals surface area contributed by atoms with Crippen molar-refractivity contribution in [3.63, 3.8) is 0 Å². The molecule has 1 fully saturated rings. The standard InChI is InChI=1S/C19H22N2O3/c1-14-6-3-4-7-15(14)11-20(2)19(23)16-10-18(22)21(12-16)13-17-8-5-9-24-17/h3-9,16H,10-13H2,1-2H3. The van der Waals surface area contributed by atoms with Crippen molar-refractivity contribution < 1.29 is 14.0 Å². The number of furan rings is 1. The molecule has 126 valence electrons. The Labute approximate surface area is 141 Å². The van der Waals surface area contributed by atoms with Gasteiger partial charge in [0.05, 0.1) is 18.7 Å². The van der Waals surface area contributed by atoms with Crippen molar-refractivity contribution in [2.75, 3.05) is 13.6 Å². The average Bonchev–Trinajstić information content (AvgIpc) is 3.20. The normalized spacial score (nSPS) is 17.3. The lowest BCUT2D eigenvalue weighted by molar-refractivity contribution is -0.135. The Balaban J connectivity index is 1.61. The van der Waals surface area contributed by atoms with Crippen molar-refractivity contribution in [2.45, 2.75) is 26.4 Å². The zero-order valence-electron chi connectivity index (χ0n) is 14.1. The molecule has 0 aliphatic carbocycles. The van der Waals surface area contributed by atoms with Crippen LogP contribution in [0.25, 0.3) is 0 Å². The molecule has 1 aliphatic rings. The lowest BCUT2D eigenvalue weighted by Gasteiger charge is -2.22. The van der Waals surface area contributed by atoms with Gasteiger partial charge in [-0.25, -0.2) is 0 Å². The Hall–Kier alpha value is -2.56. The number of likely N-dealkylation sites (tertiary alicyclic amines) is 1. The van der Waals surface area contributed by atoms with Gasteiger partial charge in [-0.05, 0) is 30.2 Å². The number of aryl methyl sites for hydroxylation is 1. The number of carbonyl (C=O) groups excluding carboxylic acids is 2. The van der Waals surface area contributed by atoms with Crippen molar-refractivity contribution in [1.82, 2.24) is 9.80 Å². The van der Waals surface area contributed by atoms with Crippen molar-refractivity contribution in [2.24, 2.45) is 5.92 Å². The fraction of sp³-hybridized carbons (Fsp3) is 0.368. The third-order valence-electron chi connectivity index (χ3n) is 4.54. The van der Waals surface area contributed by atoms with E-state index in [1.54, 1.807) is 29.2 Å². The van der Waals surface area contributed by atoms with Gasteiger partial charge >= 0.3 is 0 Å². The van der Waals surface area contributed by atoms with Crippen LogP contribution < -0.4 is 0 Å². The molecule has 0 bridgehead atoms. The van der Waals surface area contributed by atoms with Crippen molar-refractivity contribution in [3.8, 4) is 0 Å². The summed E-state index contributed by atoms with van der Waals surface area (Å²) in [5, 5.41) is 0. The van der Waals surface area contributed by atoms with Gasteiger partial charge in [-0.2, -0.15) is 0 Å². The second kappa shape index (κ2) is 6.91. The minimum Gasteiger partial charge on any atom is -0.467 e. The molecule has 1 atom stereocenters. The molecule has 0 radical (unpaired) electrons. The second-order valence-corrected chi connectivity index (χ2v) is 6.38. The van der Waals surface area contributed by atoms with Crippen LogP contribution in [0.15, 0.2) is 47.1 Å². The summed E-state index contributed by atoms with van der Waals surface area (Å²) in [4.78, 5) is 28.3. The van der Waals surface area contributed by atoms with Gasteiger partial charge in [0.2, 0.25) is 11.8 Å². The van der Waals surface area contributed by atoms with E-state index in [1.807, 2.05) is 37.3 Å². The summed E-state index contributed by atoms with van der Waals surface area (Å²) in [6, 6.07) is 11.7. The van der Waals surface area contributed by atoms with Crippen LogP contribution in [0.4, 0.5) is 0 Å². The van der Waals surface area contributed by atoms with Crippen LogP contribution in [-0.4, -0.2) is 35.2 Å². The summed E-state index contributed by atoms with van der Waals surface area (Å²) in [6.07, 6.45) is 1.87. The zero-order valence-corrected chi connectivity index (χ0v) is 14.1. The molecule has 0 N–H and O–H groups in total. The fourth-order valence-corrected chi connectivity index (χ4v) is 3.11. The van der Waals surface area contributed by atoms with E-state index in [0.29, 0.717) is 19.6 Å². The lowest BCUT2D eigenvalue weighted by atomic mass is 10.1. The van der Waals surface area contributed by atoms with E-state index in [0.717, 1.165) is 11.3 Å². The fourth-order valence-electron chi connectivity index (χ4n) is 3.11. The summed E-state index contributed by atoms with van der Waals surface area (Å²) in [6.45, 7) is 3.49. The molecule has 3 rings (SSSR count). The second-order valence-electron chi connectivity index (χ2n) is 6.38. The van der Waals surface area contributed by atoms with Crippen LogP contribution in [0.5, 0.6) is 0 Å². The van der Waals surface area contributed by atoms with Crippen LogP contribution in [0.1, 0.15) is 23.3 Å². The molecule has 0 saturated carbocycles. The Morgan fingerprint density at radius 3 is 2.79 bits per heavy atom. The van der Waals surface area contributed by atoms with Crippen LogP contribution in [-0.2, 0) is 22.7 Å².